The minimum atomic E-state index is -0.00554. The van der Waals surface area contributed by atoms with Gasteiger partial charge in [-0.1, -0.05) is 38.1 Å². The van der Waals surface area contributed by atoms with E-state index in [9.17, 15) is 4.79 Å². The molecule has 2 N–H and O–H groups in total. The van der Waals surface area contributed by atoms with Crippen molar-refractivity contribution in [3.63, 3.8) is 0 Å². The molecule has 0 bridgehead atoms. The van der Waals surface area contributed by atoms with Crippen LogP contribution in [0.1, 0.15) is 50.3 Å². The molecular formula is C19H29N3O. The van der Waals surface area contributed by atoms with E-state index < -0.39 is 0 Å². The second kappa shape index (κ2) is 7.35. The van der Waals surface area contributed by atoms with Gasteiger partial charge in [0, 0.05) is 25.7 Å². The first-order valence-electron chi connectivity index (χ1n) is 8.99. The van der Waals surface area contributed by atoms with Gasteiger partial charge in [0.1, 0.15) is 0 Å². The van der Waals surface area contributed by atoms with Crippen molar-refractivity contribution in [1.29, 1.82) is 0 Å². The van der Waals surface area contributed by atoms with Crippen LogP contribution in [0.4, 0.5) is 4.79 Å². The maximum absolute atomic E-state index is 12.3. The summed E-state index contributed by atoms with van der Waals surface area (Å²) in [5.74, 6) is 0.713. The lowest BCUT2D eigenvalue weighted by atomic mass is 10.0. The quantitative estimate of drug-likeness (QED) is 0.897. The Morgan fingerprint density at radius 2 is 1.91 bits per heavy atom. The van der Waals surface area contributed by atoms with Gasteiger partial charge in [0.2, 0.25) is 0 Å². The number of likely N-dealkylation sites (tertiary alicyclic amines) is 1. The molecule has 0 spiro atoms. The fourth-order valence-corrected chi connectivity index (χ4v) is 3.87. The summed E-state index contributed by atoms with van der Waals surface area (Å²) in [6.07, 6.45) is 4.19. The first-order chi connectivity index (χ1) is 11.1. The van der Waals surface area contributed by atoms with Crippen LogP contribution in [-0.2, 0) is 6.42 Å². The molecular weight excluding hydrogens is 286 g/mol. The number of hydrogen-bond acceptors (Lipinski definition) is 2. The number of hydrogen-bond donors (Lipinski definition) is 2. The van der Waals surface area contributed by atoms with Crippen molar-refractivity contribution in [2.45, 2.75) is 51.6 Å². The van der Waals surface area contributed by atoms with Crippen molar-refractivity contribution < 1.29 is 4.79 Å². The van der Waals surface area contributed by atoms with Gasteiger partial charge in [-0.05, 0) is 42.7 Å². The van der Waals surface area contributed by atoms with Crippen molar-refractivity contribution in [2.24, 2.45) is 5.92 Å². The summed E-state index contributed by atoms with van der Waals surface area (Å²) < 4.78 is 0. The van der Waals surface area contributed by atoms with E-state index in [0.717, 1.165) is 45.3 Å². The standard InChI is InChI=1S/C19H29N3O/c1-14(2)13-22-11-9-16(10-12-22)20-19(23)21-18-8-7-15-5-3-4-6-17(15)18/h3-6,14,16,18H,7-13H2,1-2H3,(H2,20,21,23)/t18-/m1/s1. The third kappa shape index (κ3) is 4.25. The molecule has 1 aromatic carbocycles. The summed E-state index contributed by atoms with van der Waals surface area (Å²) >= 11 is 0. The molecule has 1 aromatic rings. The Balaban J connectivity index is 1.44. The van der Waals surface area contributed by atoms with Gasteiger partial charge in [-0.25, -0.2) is 4.79 Å². The molecule has 1 aliphatic carbocycles. The summed E-state index contributed by atoms with van der Waals surface area (Å²) in [4.78, 5) is 14.8. The molecule has 1 fully saturated rings. The highest BCUT2D eigenvalue weighted by Crippen LogP contribution is 2.30. The molecule has 0 unspecified atom stereocenters. The lowest BCUT2D eigenvalue weighted by Gasteiger charge is -2.33. The number of piperidine rings is 1. The Morgan fingerprint density at radius 1 is 1.17 bits per heavy atom. The van der Waals surface area contributed by atoms with Crippen molar-refractivity contribution in [2.75, 3.05) is 19.6 Å². The highest BCUT2D eigenvalue weighted by atomic mass is 16.2. The Labute approximate surface area is 139 Å². The molecule has 0 saturated carbocycles. The zero-order valence-corrected chi connectivity index (χ0v) is 14.3. The van der Waals surface area contributed by atoms with Crippen LogP contribution in [0.5, 0.6) is 0 Å². The number of rotatable bonds is 4. The number of nitrogens with zero attached hydrogens (tertiary/aromatic N) is 1. The molecule has 4 nitrogen and oxygen atoms in total. The molecule has 1 saturated heterocycles. The van der Waals surface area contributed by atoms with Crippen LogP contribution in [0.15, 0.2) is 24.3 Å². The number of carbonyl (C=O) groups is 1. The molecule has 126 valence electrons. The molecule has 1 heterocycles. The predicted octanol–water partition coefficient (Wildman–Crippen LogP) is 3.09. The van der Waals surface area contributed by atoms with Crippen LogP contribution < -0.4 is 10.6 Å². The number of urea groups is 1. The van der Waals surface area contributed by atoms with Gasteiger partial charge in [0.15, 0.2) is 0 Å². The van der Waals surface area contributed by atoms with Crippen LogP contribution >= 0.6 is 0 Å². The summed E-state index contributed by atoms with van der Waals surface area (Å²) in [5.41, 5.74) is 2.66. The van der Waals surface area contributed by atoms with E-state index in [-0.39, 0.29) is 12.1 Å². The van der Waals surface area contributed by atoms with Gasteiger partial charge in [-0.3, -0.25) is 0 Å². The first-order valence-corrected chi connectivity index (χ1v) is 8.99. The normalized spacial score (nSPS) is 22.1. The lowest BCUT2D eigenvalue weighted by Crippen LogP contribution is -2.48. The topological polar surface area (TPSA) is 44.4 Å². The Hall–Kier alpha value is -1.55. The van der Waals surface area contributed by atoms with E-state index in [4.69, 9.17) is 0 Å². The average molecular weight is 315 g/mol. The zero-order chi connectivity index (χ0) is 16.2. The second-order valence-corrected chi connectivity index (χ2v) is 7.38. The third-order valence-corrected chi connectivity index (χ3v) is 4.98. The number of aryl methyl sites for hydroxylation is 1. The number of nitrogens with one attached hydrogen (secondary N) is 2. The van der Waals surface area contributed by atoms with Gasteiger partial charge < -0.3 is 15.5 Å². The minimum Gasteiger partial charge on any atom is -0.335 e. The highest BCUT2D eigenvalue weighted by molar-refractivity contribution is 5.75. The molecule has 3 rings (SSSR count). The fourth-order valence-electron chi connectivity index (χ4n) is 3.87. The summed E-state index contributed by atoms with van der Waals surface area (Å²) in [6.45, 7) is 7.87. The summed E-state index contributed by atoms with van der Waals surface area (Å²) in [7, 11) is 0. The van der Waals surface area contributed by atoms with Gasteiger partial charge in [-0.2, -0.15) is 0 Å². The molecule has 1 aliphatic heterocycles. The van der Waals surface area contributed by atoms with Gasteiger partial charge in [0.05, 0.1) is 6.04 Å². The van der Waals surface area contributed by atoms with Gasteiger partial charge >= 0.3 is 6.03 Å². The summed E-state index contributed by atoms with van der Waals surface area (Å²) in [6, 6.07) is 8.92. The van der Waals surface area contributed by atoms with Crippen molar-refractivity contribution in [3.8, 4) is 0 Å². The number of fused-ring (bicyclic) bond motifs is 1. The predicted molar refractivity (Wildman–Crippen MR) is 93.5 cm³/mol. The van der Waals surface area contributed by atoms with Crippen LogP contribution in [-0.4, -0.2) is 36.6 Å². The van der Waals surface area contributed by atoms with Crippen molar-refractivity contribution in [1.82, 2.24) is 15.5 Å². The lowest BCUT2D eigenvalue weighted by molar-refractivity contribution is 0.177. The number of carbonyl (C=O) groups excluding carboxylic acids is 1. The second-order valence-electron chi connectivity index (χ2n) is 7.38. The Bertz CT molecular complexity index is 535. The average Bonchev–Trinajstić information content (AvgIpc) is 2.92. The van der Waals surface area contributed by atoms with E-state index in [1.807, 2.05) is 0 Å². The molecule has 0 radical (unpaired) electrons. The van der Waals surface area contributed by atoms with E-state index in [2.05, 4.69) is 53.6 Å². The maximum Gasteiger partial charge on any atom is 0.315 e. The van der Waals surface area contributed by atoms with E-state index in [1.54, 1.807) is 0 Å². The van der Waals surface area contributed by atoms with Gasteiger partial charge in [0.25, 0.3) is 0 Å². The molecule has 2 aliphatic rings. The van der Waals surface area contributed by atoms with Crippen LogP contribution in [0, 0.1) is 5.92 Å². The number of amides is 2. The van der Waals surface area contributed by atoms with Crippen LogP contribution in [0.3, 0.4) is 0 Å². The Morgan fingerprint density at radius 3 is 2.65 bits per heavy atom. The highest BCUT2D eigenvalue weighted by Gasteiger charge is 2.25. The van der Waals surface area contributed by atoms with Crippen molar-refractivity contribution in [3.05, 3.63) is 35.4 Å². The molecule has 1 atom stereocenters. The number of benzene rings is 1. The van der Waals surface area contributed by atoms with E-state index in [1.165, 1.54) is 11.1 Å². The van der Waals surface area contributed by atoms with Gasteiger partial charge in [-0.15, -0.1) is 0 Å². The molecule has 2 amide bonds. The Kier molecular flexibility index (Phi) is 5.21. The third-order valence-electron chi connectivity index (χ3n) is 4.98. The largest absolute Gasteiger partial charge is 0.335 e. The minimum absolute atomic E-state index is 0.00554. The smallest absolute Gasteiger partial charge is 0.315 e. The molecule has 0 aromatic heterocycles. The maximum atomic E-state index is 12.3. The van der Waals surface area contributed by atoms with Crippen LogP contribution in [0.2, 0.25) is 0 Å². The van der Waals surface area contributed by atoms with E-state index >= 15 is 0 Å². The SMILES string of the molecule is CC(C)CN1CCC(NC(=O)N[C@@H]2CCc3ccccc32)CC1. The van der Waals surface area contributed by atoms with Crippen LogP contribution in [0.25, 0.3) is 0 Å². The van der Waals surface area contributed by atoms with E-state index in [0.29, 0.717) is 12.0 Å². The molecule has 4 heteroatoms. The first kappa shape index (κ1) is 16.3. The summed E-state index contributed by atoms with van der Waals surface area (Å²) in [5, 5.41) is 6.34. The monoisotopic (exact) mass is 315 g/mol. The zero-order valence-electron chi connectivity index (χ0n) is 14.3. The fraction of sp³-hybridized carbons (Fsp3) is 0.632. The van der Waals surface area contributed by atoms with Crippen molar-refractivity contribution >= 4 is 6.03 Å². The molecule has 23 heavy (non-hydrogen) atoms.